The van der Waals surface area contributed by atoms with Gasteiger partial charge in [-0.15, -0.1) is 0 Å². The summed E-state index contributed by atoms with van der Waals surface area (Å²) in [5, 5.41) is 51.2. The minimum Gasteiger partial charge on any atom is -0.480 e. The molecule has 10 atom stereocenters. The van der Waals surface area contributed by atoms with E-state index in [-0.39, 0.29) is 74.5 Å². The molecule has 1 rings (SSSR count). The fraction of sp³-hybridized carbons (Fsp3) is 0.660. The van der Waals surface area contributed by atoms with E-state index in [1.165, 1.54) is 25.6 Å². The van der Waals surface area contributed by atoms with Gasteiger partial charge in [0.15, 0.2) is 5.96 Å². The largest absolute Gasteiger partial charge is 0.480 e. The molecule has 0 fully saturated rings. The van der Waals surface area contributed by atoms with Crippen molar-refractivity contribution < 1.29 is 53.4 Å². The quantitative estimate of drug-likeness (QED) is 0.0167. The van der Waals surface area contributed by atoms with Gasteiger partial charge >= 0.3 is 5.97 Å². The summed E-state index contributed by atoms with van der Waals surface area (Å²) in [4.78, 5) is 121. The first-order chi connectivity index (χ1) is 33.7. The van der Waals surface area contributed by atoms with Crippen LogP contribution < -0.4 is 59.3 Å². The summed E-state index contributed by atoms with van der Waals surface area (Å²) < 4.78 is 0. The lowest BCUT2D eigenvalue weighted by Crippen LogP contribution is -2.62. The second kappa shape index (κ2) is 33.1. The second-order valence-electron chi connectivity index (χ2n) is 18.8. The SMILES string of the molecule is CSCC[C@H](NC(=O)[C@@H](N)C(C)C)C(=O)N[C@@H](C)C(=O)N[C@@H](CS)C(=O)N[C@@H](CCCNC(=N)N)C(=O)N[C@H](C(=O)N[C@@H](CC(C)C)C(=O)N[C@@H](Cc1ccccc1)C(=O)N[C@@H](CC(C)C)C(=O)O)[C@@H](C)O. The third kappa shape index (κ3) is 24.2. The second-order valence-corrected chi connectivity index (χ2v) is 20.2. The first-order valence-electron chi connectivity index (χ1n) is 24.0. The third-order valence-electron chi connectivity index (χ3n) is 11.1. The number of benzene rings is 1. The van der Waals surface area contributed by atoms with Gasteiger partial charge in [-0.1, -0.05) is 71.9 Å². The Morgan fingerprint density at radius 2 is 1.10 bits per heavy atom. The Hall–Kier alpha value is -5.66. The summed E-state index contributed by atoms with van der Waals surface area (Å²) in [6, 6.07) is -2.76. The van der Waals surface area contributed by atoms with E-state index < -0.39 is 114 Å². The summed E-state index contributed by atoms with van der Waals surface area (Å²) in [7, 11) is 0. The molecule has 0 heterocycles. The van der Waals surface area contributed by atoms with Crippen molar-refractivity contribution in [2.75, 3.05) is 24.3 Å². The van der Waals surface area contributed by atoms with Gasteiger partial charge in [-0.2, -0.15) is 24.4 Å². The van der Waals surface area contributed by atoms with Crippen LogP contribution in [0.25, 0.3) is 0 Å². The lowest BCUT2D eigenvalue weighted by molar-refractivity contribution is -0.143. The molecule has 0 bridgehead atoms. The topological polar surface area (TPSA) is 378 Å². The number of thioether (sulfide) groups is 1. The molecule has 0 spiro atoms. The Kier molecular flexibility index (Phi) is 29.6. The van der Waals surface area contributed by atoms with Crippen LogP contribution >= 0.6 is 24.4 Å². The van der Waals surface area contributed by atoms with Crippen molar-refractivity contribution in [2.45, 2.75) is 154 Å². The van der Waals surface area contributed by atoms with Crippen molar-refractivity contribution in [3.05, 3.63) is 35.9 Å². The summed E-state index contributed by atoms with van der Waals surface area (Å²) in [5.74, 6) is -8.28. The third-order valence-corrected chi connectivity index (χ3v) is 12.1. The number of hydrogen-bond acceptors (Lipinski definition) is 14. The summed E-state index contributed by atoms with van der Waals surface area (Å²) in [6.07, 6.45) is 0.647. The van der Waals surface area contributed by atoms with Crippen LogP contribution in [-0.2, 0) is 49.6 Å². The summed E-state index contributed by atoms with van der Waals surface area (Å²) >= 11 is 5.67. The summed E-state index contributed by atoms with van der Waals surface area (Å²) in [6.45, 7) is 13.3. The van der Waals surface area contributed by atoms with E-state index in [1.54, 1.807) is 71.9 Å². The lowest BCUT2D eigenvalue weighted by atomic mass is 9.99. The molecule has 25 heteroatoms. The molecule has 0 aliphatic carbocycles. The van der Waals surface area contributed by atoms with E-state index in [4.69, 9.17) is 16.9 Å². The fourth-order valence-corrected chi connectivity index (χ4v) is 7.66. The first-order valence-corrected chi connectivity index (χ1v) is 26.1. The highest BCUT2D eigenvalue weighted by atomic mass is 32.2. The van der Waals surface area contributed by atoms with E-state index in [0.29, 0.717) is 11.3 Å². The van der Waals surface area contributed by atoms with Crippen LogP contribution in [0, 0.1) is 23.2 Å². The lowest BCUT2D eigenvalue weighted by Gasteiger charge is -2.29. The number of amides is 8. The van der Waals surface area contributed by atoms with Gasteiger partial charge in [0.1, 0.15) is 48.3 Å². The van der Waals surface area contributed by atoms with Crippen molar-refractivity contribution in [2.24, 2.45) is 29.2 Å². The van der Waals surface area contributed by atoms with Gasteiger partial charge in [-0.05, 0) is 81.3 Å². The molecule has 0 saturated heterocycles. The molecule has 0 unspecified atom stereocenters. The smallest absolute Gasteiger partial charge is 0.326 e. The Balaban J connectivity index is 3.36. The Morgan fingerprint density at radius 3 is 1.62 bits per heavy atom. The van der Waals surface area contributed by atoms with Crippen LogP contribution in [0.1, 0.15) is 93.1 Å². The molecule has 23 nitrogen and oxygen atoms in total. The maximum absolute atomic E-state index is 14.0. The van der Waals surface area contributed by atoms with Crippen LogP contribution in [0.15, 0.2) is 30.3 Å². The van der Waals surface area contributed by atoms with Crippen LogP contribution in [-0.4, -0.2) is 154 Å². The maximum atomic E-state index is 14.0. The van der Waals surface area contributed by atoms with Crippen molar-refractivity contribution in [1.82, 2.24) is 47.9 Å². The Bertz CT molecular complexity index is 1960. The zero-order valence-corrected chi connectivity index (χ0v) is 44.5. The molecule has 0 aliphatic heterocycles. The number of aliphatic hydroxyl groups is 1. The maximum Gasteiger partial charge on any atom is 0.326 e. The van der Waals surface area contributed by atoms with Gasteiger partial charge in [0.25, 0.3) is 0 Å². The van der Waals surface area contributed by atoms with Crippen LogP contribution in [0.4, 0.5) is 0 Å². The van der Waals surface area contributed by atoms with Crippen molar-refractivity contribution in [1.29, 1.82) is 5.41 Å². The highest BCUT2D eigenvalue weighted by Crippen LogP contribution is 2.12. The van der Waals surface area contributed by atoms with Crippen molar-refractivity contribution in [3.63, 3.8) is 0 Å². The van der Waals surface area contributed by atoms with Gasteiger partial charge in [-0.25, -0.2) is 4.79 Å². The average molecular weight is 1050 g/mol. The molecule has 0 aromatic heterocycles. The average Bonchev–Trinajstić information content (AvgIpc) is 3.30. The highest BCUT2D eigenvalue weighted by molar-refractivity contribution is 7.98. The molecule has 0 radical (unpaired) electrons. The molecule has 16 N–H and O–H groups in total. The number of aliphatic carboxylic acids is 1. The molecule has 0 saturated carbocycles. The van der Waals surface area contributed by atoms with Gasteiger partial charge < -0.3 is 69.5 Å². The number of hydrogen-bond donors (Lipinski definition) is 15. The van der Waals surface area contributed by atoms with E-state index in [9.17, 15) is 53.4 Å². The van der Waals surface area contributed by atoms with E-state index in [1.807, 2.05) is 6.26 Å². The van der Waals surface area contributed by atoms with Gasteiger partial charge in [-0.3, -0.25) is 43.8 Å². The zero-order chi connectivity index (χ0) is 54.8. The number of thiol groups is 1. The number of carbonyl (C=O) groups excluding carboxylic acids is 8. The minimum absolute atomic E-state index is 0.0298. The molecule has 72 heavy (non-hydrogen) atoms. The molecule has 8 amide bonds. The number of rotatable bonds is 33. The Morgan fingerprint density at radius 1 is 0.625 bits per heavy atom. The standard InChI is InChI=1S/C47H80N12O11S2/c1-24(2)20-32(41(64)55-33(22-29-14-11-10-12-15-29)42(65)57-34(46(69)70)21-25(3)4)56-45(68)37(28(8)60)59-40(63)30(16-13-18-51-47(49)50)53-43(66)35(23-71)58-38(61)27(7)52-39(62)31(17-19-72-9)54-44(67)36(48)26(5)6/h10-12,14-15,24-28,30-37,60,71H,13,16-23,48H2,1-9H3,(H,52,62)(H,53,66)(H,54,67)(H,55,64)(H,56,68)(H,57,65)(H,58,61)(H,59,63)(H,69,70)(H4,49,50,51)/t27-,28+,30-,31-,32-,33-,34-,35-,36-,37-/m0/s1. The van der Waals surface area contributed by atoms with Crippen molar-refractivity contribution in [3.8, 4) is 0 Å². The number of guanidine groups is 1. The van der Waals surface area contributed by atoms with E-state index in [2.05, 4.69) is 60.5 Å². The fourth-order valence-electron chi connectivity index (χ4n) is 6.94. The molecule has 1 aromatic carbocycles. The number of aliphatic hydroxyl groups excluding tert-OH is 1. The molecule has 1 aromatic rings. The number of carboxylic acids is 1. The highest BCUT2D eigenvalue weighted by Gasteiger charge is 2.36. The zero-order valence-electron chi connectivity index (χ0n) is 42.8. The van der Waals surface area contributed by atoms with Crippen LogP contribution in [0.2, 0.25) is 0 Å². The van der Waals surface area contributed by atoms with Gasteiger partial charge in [0.2, 0.25) is 47.3 Å². The van der Waals surface area contributed by atoms with Crippen molar-refractivity contribution >= 4 is 83.6 Å². The van der Waals surface area contributed by atoms with E-state index >= 15 is 0 Å². The minimum atomic E-state index is -1.71. The molecular weight excluding hydrogens is 973 g/mol. The van der Waals surface area contributed by atoms with Gasteiger partial charge in [0.05, 0.1) is 12.1 Å². The predicted molar refractivity (Wildman–Crippen MR) is 278 cm³/mol. The molecule has 0 aliphatic rings. The Labute approximate surface area is 432 Å². The first kappa shape index (κ1) is 64.4. The van der Waals surface area contributed by atoms with Crippen LogP contribution in [0.5, 0.6) is 0 Å². The number of nitrogens with one attached hydrogen (secondary N) is 10. The predicted octanol–water partition coefficient (Wildman–Crippen LogP) is -1.39. The number of carbonyl (C=O) groups is 9. The molecular formula is C47H80N12O11S2. The van der Waals surface area contributed by atoms with Crippen LogP contribution in [0.3, 0.4) is 0 Å². The number of carboxylic acid groups (broad SMARTS) is 1. The number of nitrogens with two attached hydrogens (primary N) is 2. The summed E-state index contributed by atoms with van der Waals surface area (Å²) in [5.41, 5.74) is 12.0. The van der Waals surface area contributed by atoms with E-state index in [0.717, 1.165) is 0 Å². The van der Waals surface area contributed by atoms with Gasteiger partial charge in [0, 0.05) is 18.7 Å². The molecule has 406 valence electrons. The normalized spacial score (nSPS) is 15.4. The monoisotopic (exact) mass is 1050 g/mol.